The van der Waals surface area contributed by atoms with Crippen LogP contribution in [0.15, 0.2) is 12.3 Å². The lowest BCUT2D eigenvalue weighted by atomic mass is 10.1. The predicted octanol–water partition coefficient (Wildman–Crippen LogP) is 6.30. The highest BCUT2D eigenvalue weighted by atomic mass is 35.5. The Hall–Kier alpha value is -0.420. The lowest BCUT2D eigenvalue weighted by molar-refractivity contribution is -0.136. The second kappa shape index (κ2) is 7.00. The van der Waals surface area contributed by atoms with Gasteiger partial charge in [0.05, 0.1) is 42.3 Å². The molecule has 0 radical (unpaired) electrons. The van der Waals surface area contributed by atoms with Gasteiger partial charge in [0.2, 0.25) is 0 Å². The van der Waals surface area contributed by atoms with Crippen molar-refractivity contribution < 1.29 is 9.90 Å². The molecular weight excluding hydrogens is 415 g/mol. The van der Waals surface area contributed by atoms with E-state index in [0.29, 0.717) is 5.56 Å². The number of hydrogen-bond donors (Lipinski definition) is 1. The number of carboxylic acid groups (broad SMARTS) is 1. The molecule has 0 aliphatic heterocycles. The summed E-state index contributed by atoms with van der Waals surface area (Å²) in [4.78, 5) is 15.0. The first-order valence-corrected chi connectivity index (χ1v) is 7.89. The van der Waals surface area contributed by atoms with Crippen LogP contribution in [0.4, 0.5) is 0 Å². The zero-order chi connectivity index (χ0) is 16.6. The molecule has 116 valence electrons. The number of halogens is 6. The molecule has 0 aliphatic carbocycles. The van der Waals surface area contributed by atoms with Crippen LogP contribution in [0.3, 0.4) is 0 Å². The number of carboxylic acids is 1. The van der Waals surface area contributed by atoms with Crippen molar-refractivity contribution in [1.29, 1.82) is 0 Å². The first-order chi connectivity index (χ1) is 10.3. The fourth-order valence-corrected chi connectivity index (χ4v) is 3.36. The van der Waals surface area contributed by atoms with Gasteiger partial charge in [0.15, 0.2) is 0 Å². The molecule has 9 heteroatoms. The Morgan fingerprint density at radius 3 is 1.91 bits per heavy atom. The van der Waals surface area contributed by atoms with Crippen LogP contribution in [0.25, 0.3) is 11.3 Å². The van der Waals surface area contributed by atoms with Gasteiger partial charge in [-0.15, -0.1) is 0 Å². The summed E-state index contributed by atoms with van der Waals surface area (Å²) in [5.41, 5.74) is 0.726. The van der Waals surface area contributed by atoms with E-state index >= 15 is 0 Å². The number of aliphatic carboxylic acids is 1. The Labute approximate surface area is 155 Å². The normalized spacial score (nSPS) is 10.8. The van der Waals surface area contributed by atoms with Crippen LogP contribution in [0.2, 0.25) is 30.1 Å². The second-order valence-electron chi connectivity index (χ2n) is 4.15. The molecule has 0 amide bonds. The first-order valence-electron chi connectivity index (χ1n) is 5.62. The van der Waals surface area contributed by atoms with Crippen molar-refractivity contribution in [1.82, 2.24) is 4.98 Å². The summed E-state index contributed by atoms with van der Waals surface area (Å²) in [6.07, 6.45) is 1.11. The molecule has 1 heterocycles. The van der Waals surface area contributed by atoms with Crippen molar-refractivity contribution in [3.05, 3.63) is 48.0 Å². The average Bonchev–Trinajstić information content (AvgIpc) is 2.46. The van der Waals surface area contributed by atoms with E-state index < -0.39 is 5.97 Å². The van der Waals surface area contributed by atoms with Gasteiger partial charge in [0.1, 0.15) is 0 Å². The van der Waals surface area contributed by atoms with Gasteiger partial charge in [0, 0.05) is 11.8 Å². The molecule has 22 heavy (non-hydrogen) atoms. The maximum atomic E-state index is 10.9. The van der Waals surface area contributed by atoms with Crippen molar-refractivity contribution in [2.75, 3.05) is 0 Å². The van der Waals surface area contributed by atoms with E-state index in [9.17, 15) is 4.79 Å². The number of pyridine rings is 1. The topological polar surface area (TPSA) is 50.2 Å². The molecule has 2 rings (SSSR count). The van der Waals surface area contributed by atoms with E-state index in [-0.39, 0.29) is 47.8 Å². The monoisotopic (exact) mass is 417 g/mol. The fourth-order valence-electron chi connectivity index (χ4n) is 1.77. The summed E-state index contributed by atoms with van der Waals surface area (Å²) < 4.78 is 0. The van der Waals surface area contributed by atoms with Crippen LogP contribution >= 0.6 is 69.6 Å². The lowest BCUT2D eigenvalue weighted by Crippen LogP contribution is -2.02. The summed E-state index contributed by atoms with van der Waals surface area (Å²) in [6.45, 7) is 0. The highest BCUT2D eigenvalue weighted by Gasteiger charge is 2.24. The van der Waals surface area contributed by atoms with Gasteiger partial charge in [-0.2, -0.15) is 0 Å². The fraction of sp³-hybridized carbons (Fsp3) is 0.0769. The predicted molar refractivity (Wildman–Crippen MR) is 91.1 cm³/mol. The van der Waals surface area contributed by atoms with Gasteiger partial charge in [-0.3, -0.25) is 9.78 Å². The van der Waals surface area contributed by atoms with Gasteiger partial charge in [0.25, 0.3) is 0 Å². The van der Waals surface area contributed by atoms with E-state index in [0.717, 1.165) is 0 Å². The Balaban J connectivity index is 2.76. The molecule has 2 aromatic rings. The maximum Gasteiger partial charge on any atom is 0.307 e. The zero-order valence-electron chi connectivity index (χ0n) is 10.4. The van der Waals surface area contributed by atoms with Crippen LogP contribution in [0.1, 0.15) is 5.56 Å². The number of carbonyl (C=O) groups is 1. The van der Waals surface area contributed by atoms with Crippen molar-refractivity contribution in [2.45, 2.75) is 6.42 Å². The molecule has 0 spiro atoms. The van der Waals surface area contributed by atoms with E-state index in [4.69, 9.17) is 74.7 Å². The van der Waals surface area contributed by atoms with Crippen molar-refractivity contribution in [2.24, 2.45) is 0 Å². The quantitative estimate of drug-likeness (QED) is 0.469. The maximum absolute atomic E-state index is 10.9. The summed E-state index contributed by atoms with van der Waals surface area (Å²) in [5.74, 6) is -1.04. The Morgan fingerprint density at radius 1 is 0.909 bits per heavy atom. The lowest BCUT2D eigenvalue weighted by Gasteiger charge is -2.14. The van der Waals surface area contributed by atoms with Crippen LogP contribution in [0.5, 0.6) is 0 Å². The number of aromatic nitrogens is 1. The first kappa shape index (κ1) is 17.9. The summed E-state index contributed by atoms with van der Waals surface area (Å²) in [6, 6.07) is 1.49. The molecule has 0 aliphatic rings. The van der Waals surface area contributed by atoms with Gasteiger partial charge < -0.3 is 5.11 Å². The zero-order valence-corrected chi connectivity index (χ0v) is 15.0. The summed E-state index contributed by atoms with van der Waals surface area (Å²) >= 11 is 36.5. The number of benzene rings is 1. The standard InChI is InChI=1S/C13H5Cl6NO2/c14-7-4(3-5(21)22)1-2-20-13(7)6-8(15)10(17)12(19)11(18)9(6)16/h1-2H,3H2,(H,21,22). The third kappa shape index (κ3) is 3.25. The van der Waals surface area contributed by atoms with E-state index in [2.05, 4.69) is 4.98 Å². The minimum absolute atomic E-state index is 0.00855. The molecule has 1 N–H and O–H groups in total. The summed E-state index contributed by atoms with van der Waals surface area (Å²) in [5, 5.41) is 9.09. The molecular formula is C13H5Cl6NO2. The number of rotatable bonds is 3. The molecule has 1 aromatic carbocycles. The third-order valence-electron chi connectivity index (χ3n) is 2.76. The van der Waals surface area contributed by atoms with Crippen molar-refractivity contribution in [3.63, 3.8) is 0 Å². The number of nitrogens with zero attached hydrogens (tertiary/aromatic N) is 1. The largest absolute Gasteiger partial charge is 0.481 e. The van der Waals surface area contributed by atoms with Crippen molar-refractivity contribution >= 4 is 75.6 Å². The molecule has 1 aromatic heterocycles. The molecule has 0 fully saturated rings. The Morgan fingerprint density at radius 2 is 1.41 bits per heavy atom. The molecule has 0 saturated heterocycles. The van der Waals surface area contributed by atoms with Crippen LogP contribution in [-0.4, -0.2) is 16.1 Å². The summed E-state index contributed by atoms with van der Waals surface area (Å²) in [7, 11) is 0. The Bertz CT molecular complexity index is 749. The van der Waals surface area contributed by atoms with Crippen LogP contribution < -0.4 is 0 Å². The minimum atomic E-state index is -1.04. The SMILES string of the molecule is O=C(O)Cc1ccnc(-c2c(Cl)c(Cl)c(Cl)c(Cl)c2Cl)c1Cl. The second-order valence-corrected chi connectivity index (χ2v) is 6.42. The van der Waals surface area contributed by atoms with E-state index in [1.54, 1.807) is 0 Å². The van der Waals surface area contributed by atoms with Gasteiger partial charge in [-0.05, 0) is 11.6 Å². The smallest absolute Gasteiger partial charge is 0.307 e. The molecule has 0 atom stereocenters. The molecule has 0 saturated carbocycles. The molecule has 3 nitrogen and oxygen atoms in total. The minimum Gasteiger partial charge on any atom is -0.481 e. The van der Waals surface area contributed by atoms with Crippen LogP contribution in [0, 0.1) is 0 Å². The third-order valence-corrected chi connectivity index (χ3v) is 5.46. The van der Waals surface area contributed by atoms with Gasteiger partial charge in [-0.25, -0.2) is 0 Å². The number of hydrogen-bond acceptors (Lipinski definition) is 2. The highest BCUT2D eigenvalue weighted by molar-refractivity contribution is 6.56. The Kier molecular flexibility index (Phi) is 5.70. The van der Waals surface area contributed by atoms with Gasteiger partial charge in [-0.1, -0.05) is 69.6 Å². The van der Waals surface area contributed by atoms with Crippen LogP contribution in [-0.2, 0) is 11.2 Å². The van der Waals surface area contributed by atoms with E-state index in [1.165, 1.54) is 12.3 Å². The average molecular weight is 420 g/mol. The molecule has 0 unspecified atom stereocenters. The highest BCUT2D eigenvalue weighted by Crippen LogP contribution is 2.49. The van der Waals surface area contributed by atoms with Gasteiger partial charge >= 0.3 is 5.97 Å². The molecule has 0 bridgehead atoms. The van der Waals surface area contributed by atoms with E-state index in [1.807, 2.05) is 0 Å². The van der Waals surface area contributed by atoms with Crippen molar-refractivity contribution in [3.8, 4) is 11.3 Å².